The third kappa shape index (κ3) is 3.65. The highest BCUT2D eigenvalue weighted by Crippen LogP contribution is 2.40. The normalized spacial score (nSPS) is 18.0. The number of carboxylic acid groups (broad SMARTS) is 1. The van der Waals surface area contributed by atoms with Gasteiger partial charge in [-0.2, -0.15) is 0 Å². The predicted molar refractivity (Wildman–Crippen MR) is 122 cm³/mol. The van der Waals surface area contributed by atoms with Gasteiger partial charge in [-0.25, -0.2) is 4.79 Å². The molecule has 0 saturated carbocycles. The monoisotopic (exact) mass is 444 g/mol. The van der Waals surface area contributed by atoms with Crippen LogP contribution in [0, 0.1) is 0 Å². The Morgan fingerprint density at radius 3 is 2.78 bits per heavy atom. The summed E-state index contributed by atoms with van der Waals surface area (Å²) in [5.74, 6) is -0.165. The second-order valence-electron chi connectivity index (χ2n) is 7.49. The molecule has 0 radical (unpaired) electrons. The fourth-order valence-corrected chi connectivity index (χ4v) is 4.43. The summed E-state index contributed by atoms with van der Waals surface area (Å²) in [6, 6.07) is 20.1. The van der Waals surface area contributed by atoms with Crippen LogP contribution in [0.4, 0.5) is 0 Å². The summed E-state index contributed by atoms with van der Waals surface area (Å²) in [5.41, 5.74) is 2.83. The van der Waals surface area contributed by atoms with Crippen molar-refractivity contribution < 1.29 is 14.3 Å². The lowest BCUT2D eigenvalue weighted by molar-refractivity contribution is 0.0697. The lowest BCUT2D eigenvalue weighted by Gasteiger charge is -2.28. The molecule has 2 N–H and O–H groups in total. The molecule has 3 aromatic heterocycles. The average molecular weight is 445 g/mol. The second-order valence-corrected chi connectivity index (χ2v) is 7.88. The molecule has 4 aromatic rings. The Morgan fingerprint density at radius 2 is 2.03 bits per heavy atom. The molecule has 0 bridgehead atoms. The molecule has 1 aromatic carbocycles. The summed E-state index contributed by atoms with van der Waals surface area (Å²) in [4.78, 5) is 18.2. The molecule has 0 spiro atoms. The topological polar surface area (TPSA) is 83.5 Å². The zero-order valence-corrected chi connectivity index (χ0v) is 17.8. The number of aromatic carboxylic acids is 1. The number of carbonyl (C=O) groups is 1. The summed E-state index contributed by atoms with van der Waals surface area (Å²) in [5, 5.41) is 13.5. The average Bonchev–Trinajstić information content (AvgIpc) is 3.56. The molecule has 0 amide bonds. The number of carboxylic acids is 1. The summed E-state index contributed by atoms with van der Waals surface area (Å²) in [6.07, 6.45) is 5.34. The summed E-state index contributed by atoms with van der Waals surface area (Å²) in [6.45, 7) is 0.493. The highest BCUT2D eigenvalue weighted by atomic mass is 32.1. The molecule has 8 heteroatoms. The van der Waals surface area contributed by atoms with Crippen molar-refractivity contribution in [1.82, 2.24) is 19.8 Å². The van der Waals surface area contributed by atoms with Gasteiger partial charge >= 0.3 is 5.97 Å². The minimum Gasteiger partial charge on any atom is -0.478 e. The molecule has 2 atom stereocenters. The van der Waals surface area contributed by atoms with Gasteiger partial charge in [-0.15, -0.1) is 0 Å². The van der Waals surface area contributed by atoms with Crippen LogP contribution in [0.15, 0.2) is 89.8 Å². The van der Waals surface area contributed by atoms with Crippen LogP contribution in [0.25, 0.3) is 5.69 Å². The van der Waals surface area contributed by atoms with Gasteiger partial charge in [0.25, 0.3) is 0 Å². The Balaban J connectivity index is 1.61. The van der Waals surface area contributed by atoms with E-state index in [9.17, 15) is 9.90 Å². The second kappa shape index (κ2) is 8.32. The number of pyridine rings is 1. The van der Waals surface area contributed by atoms with Crippen molar-refractivity contribution in [2.75, 3.05) is 0 Å². The number of rotatable bonds is 6. The van der Waals surface area contributed by atoms with E-state index >= 15 is 0 Å². The van der Waals surface area contributed by atoms with Gasteiger partial charge in [-0.05, 0) is 66.8 Å². The maximum atomic E-state index is 11.5. The van der Waals surface area contributed by atoms with E-state index in [0.29, 0.717) is 11.7 Å². The van der Waals surface area contributed by atoms with Crippen LogP contribution < -0.4 is 5.32 Å². The van der Waals surface area contributed by atoms with Gasteiger partial charge in [-0.1, -0.05) is 12.1 Å². The number of furan rings is 1. The number of nitrogens with one attached hydrogen (secondary N) is 1. The first-order valence-electron chi connectivity index (χ1n) is 10.1. The largest absolute Gasteiger partial charge is 0.478 e. The molecule has 7 nitrogen and oxygen atoms in total. The van der Waals surface area contributed by atoms with E-state index in [1.807, 2.05) is 59.3 Å². The van der Waals surface area contributed by atoms with Crippen molar-refractivity contribution in [1.29, 1.82) is 0 Å². The highest BCUT2D eigenvalue weighted by Gasteiger charge is 2.41. The van der Waals surface area contributed by atoms with Gasteiger partial charge in [0.2, 0.25) is 0 Å². The number of hydrogen-bond donors (Lipinski definition) is 2. The summed E-state index contributed by atoms with van der Waals surface area (Å²) in [7, 11) is 0. The van der Waals surface area contributed by atoms with Crippen molar-refractivity contribution >= 4 is 23.3 Å². The maximum absolute atomic E-state index is 11.5. The van der Waals surface area contributed by atoms with Crippen LogP contribution in [0.1, 0.15) is 39.6 Å². The number of thiocarbonyl (C=S) groups is 1. The van der Waals surface area contributed by atoms with Crippen LogP contribution >= 0.6 is 12.2 Å². The molecule has 1 aliphatic rings. The quantitative estimate of drug-likeness (QED) is 0.428. The Bertz CT molecular complexity index is 1250. The van der Waals surface area contributed by atoms with E-state index in [-0.39, 0.29) is 17.6 Å². The molecule has 0 unspecified atom stereocenters. The van der Waals surface area contributed by atoms with E-state index in [2.05, 4.69) is 15.2 Å². The van der Waals surface area contributed by atoms with Crippen molar-refractivity contribution in [2.24, 2.45) is 0 Å². The molecule has 1 saturated heterocycles. The van der Waals surface area contributed by atoms with Crippen molar-refractivity contribution in [3.05, 3.63) is 108 Å². The first-order valence-corrected chi connectivity index (χ1v) is 10.5. The van der Waals surface area contributed by atoms with Crippen LogP contribution in [0.3, 0.4) is 0 Å². The highest BCUT2D eigenvalue weighted by molar-refractivity contribution is 7.80. The Kier molecular flexibility index (Phi) is 5.20. The number of hydrogen-bond acceptors (Lipinski definition) is 4. The van der Waals surface area contributed by atoms with E-state index in [1.54, 1.807) is 30.7 Å². The summed E-state index contributed by atoms with van der Waals surface area (Å²) >= 11 is 5.72. The maximum Gasteiger partial charge on any atom is 0.335 e. The van der Waals surface area contributed by atoms with Gasteiger partial charge in [0.15, 0.2) is 5.11 Å². The van der Waals surface area contributed by atoms with Crippen LogP contribution in [0.2, 0.25) is 0 Å². The SMILES string of the molecule is O=C(O)c1cccc(-n2cccc2[C@H]2[C@H](c3ccccn3)NC(=S)N2Cc2ccco2)c1. The first kappa shape index (κ1) is 20.0. The van der Waals surface area contributed by atoms with Gasteiger partial charge in [0, 0.05) is 23.8 Å². The van der Waals surface area contributed by atoms with Crippen molar-refractivity contribution in [3.8, 4) is 5.69 Å². The molecular formula is C24H20N4O3S. The molecular weight excluding hydrogens is 424 g/mol. The van der Waals surface area contributed by atoms with E-state index in [1.165, 1.54) is 0 Å². The molecule has 160 valence electrons. The molecule has 32 heavy (non-hydrogen) atoms. The smallest absolute Gasteiger partial charge is 0.335 e. The van der Waals surface area contributed by atoms with Gasteiger partial charge in [0.1, 0.15) is 5.76 Å². The number of benzene rings is 1. The molecule has 1 aliphatic heterocycles. The van der Waals surface area contributed by atoms with Crippen LogP contribution in [0.5, 0.6) is 0 Å². The van der Waals surface area contributed by atoms with E-state index in [0.717, 1.165) is 22.8 Å². The minimum absolute atomic E-state index is 0.185. The fourth-order valence-electron chi connectivity index (χ4n) is 4.13. The molecule has 5 rings (SSSR count). The van der Waals surface area contributed by atoms with Crippen molar-refractivity contribution in [2.45, 2.75) is 18.6 Å². The minimum atomic E-state index is -0.963. The van der Waals surface area contributed by atoms with E-state index in [4.69, 9.17) is 16.6 Å². The third-order valence-electron chi connectivity index (χ3n) is 5.56. The Morgan fingerprint density at radius 1 is 1.12 bits per heavy atom. The standard InChI is InChI=1S/C24H20N4O3S/c29-23(30)16-6-3-7-17(14-16)27-12-4-10-20(27)22-21(19-9-1-2-11-25-19)26-24(32)28(22)15-18-8-5-13-31-18/h1-14,21-22H,15H2,(H,26,32)(H,29,30)/t21-,22-/m0/s1. The molecule has 0 aliphatic carbocycles. The van der Waals surface area contributed by atoms with Crippen LogP contribution in [-0.4, -0.2) is 30.6 Å². The molecule has 1 fully saturated rings. The third-order valence-corrected chi connectivity index (χ3v) is 5.91. The van der Waals surface area contributed by atoms with Crippen molar-refractivity contribution in [3.63, 3.8) is 0 Å². The number of aromatic nitrogens is 2. The Labute approximate surface area is 189 Å². The number of nitrogens with zero attached hydrogens (tertiary/aromatic N) is 3. The predicted octanol–water partition coefficient (Wildman–Crippen LogP) is 4.34. The summed E-state index contributed by atoms with van der Waals surface area (Å²) < 4.78 is 7.59. The lowest BCUT2D eigenvalue weighted by atomic mass is 10.0. The first-order chi connectivity index (χ1) is 15.6. The fraction of sp³-hybridized carbons (Fsp3) is 0.125. The van der Waals surface area contributed by atoms with E-state index < -0.39 is 5.97 Å². The van der Waals surface area contributed by atoms with Gasteiger partial charge < -0.3 is 24.3 Å². The molecule has 4 heterocycles. The lowest BCUT2D eigenvalue weighted by Crippen LogP contribution is -2.29. The zero-order valence-electron chi connectivity index (χ0n) is 17.0. The van der Waals surface area contributed by atoms with Crippen LogP contribution in [-0.2, 0) is 6.54 Å². The zero-order chi connectivity index (χ0) is 22.1. The Hall–Kier alpha value is -3.91. The van der Waals surface area contributed by atoms with Gasteiger partial charge in [0.05, 0.1) is 36.1 Å². The van der Waals surface area contributed by atoms with Gasteiger partial charge in [-0.3, -0.25) is 4.98 Å².